The molecule has 4 aromatic rings. The number of hydrogen-bond acceptors (Lipinski definition) is 10. The minimum absolute atomic E-state index is 0.0105. The zero-order valence-corrected chi connectivity index (χ0v) is 27.8. The standard InChI is InChI=1S/C32H33ClF3N9O5/c1-4-23-26(42-9-10-43(17(2)14-42)29(48)25-27(47)18(3)37-16-38-25)30(49)45-31(40-28(41-45)19-7-11-50-12-8-19)44(23)15-24(46)39-22-6-5-20(13-21(22)33)32(34,35)36/h5-7,13,16-17,47H,4,8-12,14-15H2,1-3H3,(H,39,46)/t17-/m1/s1/i15D2. The van der Waals surface area contributed by atoms with E-state index in [0.717, 1.165) is 15.1 Å². The number of aromatic nitrogens is 6. The predicted octanol–water partition coefficient (Wildman–Crippen LogP) is 3.72. The first-order valence-electron chi connectivity index (χ1n) is 16.6. The molecule has 0 spiro atoms. The van der Waals surface area contributed by atoms with Crippen molar-refractivity contribution in [2.24, 2.45) is 0 Å². The number of rotatable bonds is 7. The Kier molecular flexibility index (Phi) is 8.82. The molecular formula is C32H33ClF3N9O5. The summed E-state index contributed by atoms with van der Waals surface area (Å²) in [6.45, 7) is 2.82. The van der Waals surface area contributed by atoms with Crippen LogP contribution in [0.1, 0.15) is 56.3 Å². The molecule has 2 aliphatic heterocycles. The van der Waals surface area contributed by atoms with Gasteiger partial charge in [0.2, 0.25) is 11.7 Å². The van der Waals surface area contributed by atoms with E-state index in [9.17, 15) is 32.7 Å². The second kappa shape index (κ2) is 13.7. The molecule has 0 bridgehead atoms. The zero-order valence-electron chi connectivity index (χ0n) is 29.1. The highest BCUT2D eigenvalue weighted by molar-refractivity contribution is 6.33. The van der Waals surface area contributed by atoms with Crippen molar-refractivity contribution < 1.29 is 35.3 Å². The maximum absolute atomic E-state index is 14.3. The Hall–Kier alpha value is -5.03. The number of aryl methyl sites for hydroxylation is 1. The third-order valence-electron chi connectivity index (χ3n) is 8.48. The molecule has 264 valence electrons. The monoisotopic (exact) mass is 717 g/mol. The van der Waals surface area contributed by atoms with E-state index in [0.29, 0.717) is 30.7 Å². The summed E-state index contributed by atoms with van der Waals surface area (Å²) in [5.41, 5.74) is -1.18. The third kappa shape index (κ3) is 6.61. The van der Waals surface area contributed by atoms with Crippen molar-refractivity contribution in [1.82, 2.24) is 34.0 Å². The van der Waals surface area contributed by atoms with Crippen LogP contribution in [-0.2, 0) is 28.6 Å². The molecule has 0 saturated carbocycles. The van der Waals surface area contributed by atoms with E-state index in [1.165, 1.54) is 18.2 Å². The van der Waals surface area contributed by atoms with Gasteiger partial charge in [0, 0.05) is 25.7 Å². The Morgan fingerprint density at radius 2 is 2.02 bits per heavy atom. The first kappa shape index (κ1) is 32.2. The molecule has 14 nitrogen and oxygen atoms in total. The molecule has 1 atom stereocenters. The van der Waals surface area contributed by atoms with Crippen LogP contribution < -0.4 is 15.8 Å². The van der Waals surface area contributed by atoms with Gasteiger partial charge in [0.25, 0.3) is 11.5 Å². The Morgan fingerprint density at radius 1 is 1.24 bits per heavy atom. The van der Waals surface area contributed by atoms with Gasteiger partial charge in [-0.3, -0.25) is 14.4 Å². The van der Waals surface area contributed by atoms with Gasteiger partial charge in [-0.2, -0.15) is 22.7 Å². The summed E-state index contributed by atoms with van der Waals surface area (Å²) in [6, 6.07) is 1.70. The highest BCUT2D eigenvalue weighted by atomic mass is 35.5. The number of fused-ring (bicyclic) bond motifs is 1. The van der Waals surface area contributed by atoms with Crippen LogP contribution in [0.2, 0.25) is 5.02 Å². The first-order chi connectivity index (χ1) is 24.5. The molecule has 2 N–H and O–H groups in total. The van der Waals surface area contributed by atoms with Crippen LogP contribution in [0.4, 0.5) is 24.5 Å². The van der Waals surface area contributed by atoms with E-state index < -0.39 is 46.7 Å². The molecule has 1 aromatic carbocycles. The third-order valence-corrected chi connectivity index (χ3v) is 8.80. The van der Waals surface area contributed by atoms with E-state index in [-0.39, 0.29) is 78.5 Å². The summed E-state index contributed by atoms with van der Waals surface area (Å²) in [7, 11) is 0. The van der Waals surface area contributed by atoms with Crippen LogP contribution in [0.5, 0.6) is 5.75 Å². The van der Waals surface area contributed by atoms with Crippen LogP contribution in [0.25, 0.3) is 11.4 Å². The smallest absolute Gasteiger partial charge is 0.416 e. The lowest BCUT2D eigenvalue weighted by atomic mass is 10.1. The van der Waals surface area contributed by atoms with Crippen molar-refractivity contribution in [2.75, 3.05) is 43.1 Å². The van der Waals surface area contributed by atoms with E-state index >= 15 is 0 Å². The van der Waals surface area contributed by atoms with E-state index in [4.69, 9.17) is 19.1 Å². The molecule has 6 rings (SSSR count). The van der Waals surface area contributed by atoms with Crippen molar-refractivity contribution >= 4 is 46.1 Å². The maximum atomic E-state index is 14.3. The number of carbonyl (C=O) groups excluding carboxylic acids is 2. The van der Waals surface area contributed by atoms with E-state index in [1.807, 2.05) is 0 Å². The lowest BCUT2D eigenvalue weighted by molar-refractivity contribution is -0.137. The molecule has 5 heterocycles. The molecular weight excluding hydrogens is 683 g/mol. The van der Waals surface area contributed by atoms with Crippen molar-refractivity contribution in [3.63, 3.8) is 0 Å². The minimum Gasteiger partial charge on any atom is -0.504 e. The fourth-order valence-corrected chi connectivity index (χ4v) is 6.16. The van der Waals surface area contributed by atoms with Gasteiger partial charge in [0.15, 0.2) is 17.3 Å². The second-order valence-electron chi connectivity index (χ2n) is 11.7. The van der Waals surface area contributed by atoms with Crippen LogP contribution in [0, 0.1) is 6.92 Å². The van der Waals surface area contributed by atoms with Crippen molar-refractivity contribution in [2.45, 2.75) is 52.3 Å². The van der Waals surface area contributed by atoms with Crippen molar-refractivity contribution in [3.05, 3.63) is 74.4 Å². The fourth-order valence-electron chi connectivity index (χ4n) is 5.93. The number of carbonyl (C=O) groups is 2. The highest BCUT2D eigenvalue weighted by Crippen LogP contribution is 2.34. The number of benzene rings is 1. The Balaban J connectivity index is 1.43. The summed E-state index contributed by atoms with van der Waals surface area (Å²) in [6.07, 6.45) is -1.36. The largest absolute Gasteiger partial charge is 0.504 e. The quantitative estimate of drug-likeness (QED) is 0.289. The van der Waals surface area contributed by atoms with Crippen LogP contribution in [-0.4, -0.2) is 89.8 Å². The topological polar surface area (TPSA) is 160 Å². The minimum atomic E-state index is -4.70. The number of nitrogens with zero attached hydrogens (tertiary/aromatic N) is 8. The van der Waals surface area contributed by atoms with Gasteiger partial charge in [-0.05, 0) is 50.5 Å². The molecule has 2 amide bonds. The zero-order chi connectivity index (χ0) is 37.7. The van der Waals surface area contributed by atoms with Gasteiger partial charge in [0.1, 0.15) is 18.5 Å². The summed E-state index contributed by atoms with van der Waals surface area (Å²) in [5.74, 6) is -2.36. The van der Waals surface area contributed by atoms with E-state index in [2.05, 4.69) is 25.4 Å². The molecule has 1 fully saturated rings. The number of aromatic hydroxyl groups is 1. The molecule has 0 unspecified atom stereocenters. The van der Waals surface area contributed by atoms with Crippen LogP contribution in [0.3, 0.4) is 0 Å². The normalized spacial score (nSPS) is 17.7. The van der Waals surface area contributed by atoms with Gasteiger partial charge >= 0.3 is 6.18 Å². The molecule has 2 aliphatic rings. The number of ether oxygens (including phenoxy) is 1. The first-order valence-corrected chi connectivity index (χ1v) is 16.0. The fraction of sp³-hybridized carbons (Fsp3) is 0.406. The Labute approximate surface area is 291 Å². The number of alkyl halides is 3. The number of anilines is 2. The summed E-state index contributed by atoms with van der Waals surface area (Å²) < 4.78 is 65.3. The number of halogens is 4. The van der Waals surface area contributed by atoms with Crippen molar-refractivity contribution in [1.29, 1.82) is 0 Å². The second-order valence-corrected chi connectivity index (χ2v) is 12.1. The van der Waals surface area contributed by atoms with Crippen LogP contribution >= 0.6 is 11.6 Å². The molecule has 18 heteroatoms. The van der Waals surface area contributed by atoms with E-state index in [1.54, 1.807) is 24.8 Å². The lowest BCUT2D eigenvalue weighted by Crippen LogP contribution is -2.55. The molecule has 50 heavy (non-hydrogen) atoms. The molecule has 3 aromatic heterocycles. The number of hydrogen-bond donors (Lipinski definition) is 2. The Morgan fingerprint density at radius 3 is 2.68 bits per heavy atom. The summed E-state index contributed by atoms with van der Waals surface area (Å²) in [4.78, 5) is 57.1. The average Bonchev–Trinajstić information content (AvgIpc) is 3.55. The average molecular weight is 718 g/mol. The van der Waals surface area contributed by atoms with Gasteiger partial charge in [-0.15, -0.1) is 5.10 Å². The highest BCUT2D eigenvalue weighted by Gasteiger charge is 2.34. The van der Waals surface area contributed by atoms with Gasteiger partial charge in [0.05, 0.1) is 43.6 Å². The molecule has 0 radical (unpaired) electrons. The molecule has 0 aliphatic carbocycles. The predicted molar refractivity (Wildman–Crippen MR) is 176 cm³/mol. The maximum Gasteiger partial charge on any atom is 0.416 e. The van der Waals surface area contributed by atoms with Crippen molar-refractivity contribution in [3.8, 4) is 5.75 Å². The van der Waals surface area contributed by atoms with Gasteiger partial charge in [-0.25, -0.2) is 9.97 Å². The summed E-state index contributed by atoms with van der Waals surface area (Å²) >= 11 is 6.09. The summed E-state index contributed by atoms with van der Waals surface area (Å²) in [5, 5.41) is 16.7. The lowest BCUT2D eigenvalue weighted by Gasteiger charge is -2.41. The van der Waals surface area contributed by atoms with Gasteiger partial charge in [-0.1, -0.05) is 24.6 Å². The number of amides is 2. The number of nitrogens with one attached hydrogen (secondary N) is 1. The molecule has 1 saturated heterocycles. The number of piperazine rings is 1. The SMILES string of the molecule is [2H]C([2H])(C(=O)Nc1ccc(C(F)(F)F)cc1Cl)n1c(CC)c(N2CCN(C(=O)c3ncnc(C)c3O)[C@H](C)C2)c(=O)n2nc(C3=CCOCC3)nc12. The Bertz CT molecular complexity index is 2180. The van der Waals surface area contributed by atoms with Crippen LogP contribution in [0.15, 0.2) is 35.4 Å². The van der Waals surface area contributed by atoms with Gasteiger partial charge < -0.3 is 29.5 Å².